The van der Waals surface area contributed by atoms with Crippen LogP contribution < -0.4 is 14.8 Å². The van der Waals surface area contributed by atoms with Gasteiger partial charge in [0.15, 0.2) is 11.5 Å². The number of fused-ring (bicyclic) bond motifs is 1. The fourth-order valence-electron chi connectivity index (χ4n) is 2.74. The quantitative estimate of drug-likeness (QED) is 0.799. The average Bonchev–Trinajstić information content (AvgIpc) is 3.20. The third-order valence-corrected chi connectivity index (χ3v) is 5.50. The van der Waals surface area contributed by atoms with Crippen molar-refractivity contribution in [2.75, 3.05) is 19.1 Å². The highest BCUT2D eigenvalue weighted by atomic mass is 32.2. The van der Waals surface area contributed by atoms with Crippen molar-refractivity contribution in [3.63, 3.8) is 0 Å². The molecule has 0 saturated carbocycles. The van der Waals surface area contributed by atoms with E-state index in [1.807, 2.05) is 32.0 Å². The number of carbonyl (C=O) groups excluding carboxylic acids is 1. The highest BCUT2D eigenvalue weighted by Gasteiger charge is 2.24. The topological polar surface area (TPSA) is 73.6 Å². The van der Waals surface area contributed by atoms with E-state index in [1.54, 1.807) is 11.8 Å². The zero-order valence-electron chi connectivity index (χ0n) is 15.5. The fourth-order valence-corrected chi connectivity index (χ4v) is 3.75. The number of aromatic nitrogens is 1. The van der Waals surface area contributed by atoms with E-state index < -0.39 is 0 Å². The fraction of sp³-hybridized carbons (Fsp3) is 0.474. The summed E-state index contributed by atoms with van der Waals surface area (Å²) in [6, 6.07) is 5.92. The van der Waals surface area contributed by atoms with Gasteiger partial charge >= 0.3 is 0 Å². The number of benzene rings is 1. The molecule has 0 saturated heterocycles. The Morgan fingerprint density at radius 2 is 2.04 bits per heavy atom. The number of aryl methyl sites for hydroxylation is 2. The first-order valence-corrected chi connectivity index (χ1v) is 9.68. The molecular weight excluding hydrogens is 352 g/mol. The van der Waals surface area contributed by atoms with Crippen molar-refractivity contribution in [2.45, 2.75) is 38.9 Å². The van der Waals surface area contributed by atoms with Gasteiger partial charge in [-0.15, -0.1) is 11.8 Å². The molecule has 1 aromatic carbocycles. The van der Waals surface area contributed by atoms with Crippen LogP contribution in [0.4, 0.5) is 0 Å². The van der Waals surface area contributed by atoms with Crippen molar-refractivity contribution in [2.24, 2.45) is 0 Å². The lowest BCUT2D eigenvalue weighted by Gasteiger charge is -2.26. The molecule has 0 bridgehead atoms. The molecule has 0 atom stereocenters. The van der Waals surface area contributed by atoms with Gasteiger partial charge in [0.2, 0.25) is 12.7 Å². The van der Waals surface area contributed by atoms with Crippen molar-refractivity contribution in [1.82, 2.24) is 10.5 Å². The summed E-state index contributed by atoms with van der Waals surface area (Å²) in [5, 5.41) is 6.96. The molecule has 0 aliphatic carbocycles. The first kappa shape index (κ1) is 18.6. The summed E-state index contributed by atoms with van der Waals surface area (Å²) < 4.78 is 15.9. The van der Waals surface area contributed by atoms with E-state index in [-0.39, 0.29) is 18.1 Å². The summed E-state index contributed by atoms with van der Waals surface area (Å²) in [6.07, 6.45) is 0. The molecule has 3 rings (SSSR count). The third-order valence-electron chi connectivity index (χ3n) is 4.54. The van der Waals surface area contributed by atoms with Crippen molar-refractivity contribution < 1.29 is 18.8 Å². The Labute approximate surface area is 157 Å². The highest BCUT2D eigenvalue weighted by Crippen LogP contribution is 2.36. The van der Waals surface area contributed by atoms with Crippen LogP contribution in [-0.2, 0) is 16.0 Å². The Balaban J connectivity index is 1.49. The van der Waals surface area contributed by atoms with Gasteiger partial charge in [0.1, 0.15) is 5.76 Å². The summed E-state index contributed by atoms with van der Waals surface area (Å²) in [7, 11) is 0. The van der Waals surface area contributed by atoms with Crippen LogP contribution >= 0.6 is 11.8 Å². The zero-order valence-corrected chi connectivity index (χ0v) is 16.4. The minimum Gasteiger partial charge on any atom is -0.454 e. The number of hydrogen-bond acceptors (Lipinski definition) is 6. The summed E-state index contributed by atoms with van der Waals surface area (Å²) >= 11 is 1.56. The van der Waals surface area contributed by atoms with E-state index >= 15 is 0 Å². The molecule has 1 aliphatic heterocycles. The number of rotatable bonds is 7. The SMILES string of the molecule is Cc1noc(C)c1CSCC(=O)NCC(C)(C)c1ccc2c(c1)OCO2. The molecule has 0 radical (unpaired) electrons. The van der Waals surface area contributed by atoms with Crippen LogP contribution in [-0.4, -0.2) is 30.2 Å². The van der Waals surface area contributed by atoms with Crippen LogP contribution in [0.5, 0.6) is 11.5 Å². The molecule has 1 N–H and O–H groups in total. The van der Waals surface area contributed by atoms with Gasteiger partial charge in [0.05, 0.1) is 11.4 Å². The first-order valence-electron chi connectivity index (χ1n) is 8.53. The van der Waals surface area contributed by atoms with Crippen molar-refractivity contribution >= 4 is 17.7 Å². The second-order valence-electron chi connectivity index (χ2n) is 7.02. The Bertz CT molecular complexity index is 781. The minimum absolute atomic E-state index is 0.0237. The van der Waals surface area contributed by atoms with Gasteiger partial charge in [-0.2, -0.15) is 0 Å². The highest BCUT2D eigenvalue weighted by molar-refractivity contribution is 7.99. The lowest BCUT2D eigenvalue weighted by atomic mass is 9.84. The minimum atomic E-state index is -0.205. The molecule has 7 heteroatoms. The van der Waals surface area contributed by atoms with E-state index in [9.17, 15) is 4.79 Å². The lowest BCUT2D eigenvalue weighted by molar-refractivity contribution is -0.118. The predicted molar refractivity (Wildman–Crippen MR) is 101 cm³/mol. The smallest absolute Gasteiger partial charge is 0.231 e. The van der Waals surface area contributed by atoms with Gasteiger partial charge < -0.3 is 19.3 Å². The monoisotopic (exact) mass is 376 g/mol. The number of hydrogen-bond donors (Lipinski definition) is 1. The predicted octanol–water partition coefficient (Wildman–Crippen LogP) is 3.35. The second kappa shape index (κ2) is 7.61. The molecule has 140 valence electrons. The molecule has 2 aromatic rings. The van der Waals surface area contributed by atoms with Crippen LogP contribution in [0, 0.1) is 13.8 Å². The van der Waals surface area contributed by atoms with Crippen LogP contribution in [0.1, 0.15) is 36.4 Å². The average molecular weight is 376 g/mol. The van der Waals surface area contributed by atoms with Gasteiger partial charge in [0.25, 0.3) is 0 Å². The van der Waals surface area contributed by atoms with Crippen LogP contribution in [0.3, 0.4) is 0 Å². The van der Waals surface area contributed by atoms with E-state index in [0.29, 0.717) is 12.3 Å². The maximum absolute atomic E-state index is 12.2. The molecule has 1 aromatic heterocycles. The molecule has 0 fully saturated rings. The Hall–Kier alpha value is -2.15. The molecule has 0 spiro atoms. The van der Waals surface area contributed by atoms with E-state index in [1.165, 1.54) is 0 Å². The van der Waals surface area contributed by atoms with Gasteiger partial charge in [-0.1, -0.05) is 25.1 Å². The molecule has 0 unspecified atom stereocenters. The molecule has 1 amide bonds. The van der Waals surface area contributed by atoms with Gasteiger partial charge in [0, 0.05) is 23.3 Å². The lowest BCUT2D eigenvalue weighted by Crippen LogP contribution is -2.37. The van der Waals surface area contributed by atoms with Crippen LogP contribution in [0.2, 0.25) is 0 Å². The second-order valence-corrected chi connectivity index (χ2v) is 8.01. The zero-order chi connectivity index (χ0) is 18.7. The van der Waals surface area contributed by atoms with Crippen molar-refractivity contribution in [1.29, 1.82) is 0 Å². The molecule has 1 aliphatic rings. The van der Waals surface area contributed by atoms with Crippen LogP contribution in [0.25, 0.3) is 0 Å². The number of amides is 1. The largest absolute Gasteiger partial charge is 0.454 e. The van der Waals surface area contributed by atoms with Gasteiger partial charge in [-0.25, -0.2) is 0 Å². The number of ether oxygens (including phenoxy) is 2. The Morgan fingerprint density at radius 3 is 2.77 bits per heavy atom. The van der Waals surface area contributed by atoms with Crippen molar-refractivity contribution in [3.05, 3.63) is 40.8 Å². The summed E-state index contributed by atoms with van der Waals surface area (Å²) in [5.41, 5.74) is 2.86. The number of carbonyl (C=O) groups is 1. The maximum atomic E-state index is 12.2. The number of nitrogens with zero attached hydrogens (tertiary/aromatic N) is 1. The molecule has 2 heterocycles. The standard InChI is InChI=1S/C19H24N2O4S/c1-12-15(13(2)25-21-12)8-26-9-18(22)20-10-19(3,4)14-5-6-16-17(7-14)24-11-23-16/h5-7H,8-11H2,1-4H3,(H,20,22). The summed E-state index contributed by atoms with van der Waals surface area (Å²) in [4.78, 5) is 12.2. The van der Waals surface area contributed by atoms with Gasteiger partial charge in [-0.3, -0.25) is 4.79 Å². The van der Waals surface area contributed by atoms with E-state index in [4.69, 9.17) is 14.0 Å². The summed E-state index contributed by atoms with van der Waals surface area (Å²) in [5.74, 6) is 3.50. The van der Waals surface area contributed by atoms with Crippen molar-refractivity contribution in [3.8, 4) is 11.5 Å². The molecule has 26 heavy (non-hydrogen) atoms. The Morgan fingerprint density at radius 1 is 1.27 bits per heavy atom. The number of thioether (sulfide) groups is 1. The molecular formula is C19H24N2O4S. The molecule has 6 nitrogen and oxygen atoms in total. The van der Waals surface area contributed by atoms with E-state index in [2.05, 4.69) is 24.3 Å². The number of nitrogens with one attached hydrogen (secondary N) is 1. The Kier molecular flexibility index (Phi) is 5.46. The first-order chi connectivity index (χ1) is 12.4. The third kappa shape index (κ3) is 4.15. The van der Waals surface area contributed by atoms with Crippen LogP contribution in [0.15, 0.2) is 22.7 Å². The van der Waals surface area contributed by atoms with E-state index in [0.717, 1.165) is 39.8 Å². The summed E-state index contributed by atoms with van der Waals surface area (Å²) in [6.45, 7) is 8.82. The maximum Gasteiger partial charge on any atom is 0.231 e. The normalized spacial score (nSPS) is 13.1. The van der Waals surface area contributed by atoms with Gasteiger partial charge in [-0.05, 0) is 31.5 Å².